The van der Waals surface area contributed by atoms with Gasteiger partial charge in [-0.1, -0.05) is 12.1 Å². The highest BCUT2D eigenvalue weighted by molar-refractivity contribution is 5.99. The Bertz CT molecular complexity index is 1180. The van der Waals surface area contributed by atoms with Gasteiger partial charge in [0.15, 0.2) is 11.6 Å². The van der Waals surface area contributed by atoms with Gasteiger partial charge in [0, 0.05) is 29.3 Å². The van der Waals surface area contributed by atoms with E-state index in [4.69, 9.17) is 19.6 Å². The molecule has 158 valence electrons. The third kappa shape index (κ3) is 3.34. The molecule has 0 spiro atoms. The molecular formula is C23H21FN4O3. The van der Waals surface area contributed by atoms with Crippen molar-refractivity contribution in [2.75, 3.05) is 19.5 Å². The van der Waals surface area contributed by atoms with E-state index < -0.39 is 6.04 Å². The highest BCUT2D eigenvalue weighted by atomic mass is 19.1. The summed E-state index contributed by atoms with van der Waals surface area (Å²) in [7, 11) is 3.17. The first-order valence-electron chi connectivity index (χ1n) is 10.1. The quantitative estimate of drug-likeness (QED) is 0.684. The number of ether oxygens (including phenoxy) is 2. The molecule has 7 nitrogen and oxygen atoms in total. The van der Waals surface area contributed by atoms with E-state index in [1.54, 1.807) is 37.1 Å². The van der Waals surface area contributed by atoms with Crippen LogP contribution in [-0.4, -0.2) is 34.8 Å². The van der Waals surface area contributed by atoms with Gasteiger partial charge in [-0.3, -0.25) is 4.79 Å². The second-order valence-corrected chi connectivity index (χ2v) is 7.55. The van der Waals surface area contributed by atoms with E-state index in [0.717, 1.165) is 29.7 Å². The van der Waals surface area contributed by atoms with Gasteiger partial charge in [0.2, 0.25) is 5.95 Å². The van der Waals surface area contributed by atoms with Crippen LogP contribution in [0.1, 0.15) is 30.9 Å². The molecule has 0 bridgehead atoms. The van der Waals surface area contributed by atoms with Crippen LogP contribution in [0.4, 0.5) is 10.3 Å². The number of rotatable bonds is 4. The first-order valence-corrected chi connectivity index (χ1v) is 10.1. The number of carbonyl (C=O) groups is 1. The molecule has 0 amide bonds. The van der Waals surface area contributed by atoms with Gasteiger partial charge >= 0.3 is 0 Å². The molecule has 0 fully saturated rings. The van der Waals surface area contributed by atoms with Crippen LogP contribution in [0.2, 0.25) is 0 Å². The van der Waals surface area contributed by atoms with Crippen LogP contribution < -0.4 is 14.8 Å². The number of ketones is 1. The summed E-state index contributed by atoms with van der Waals surface area (Å²) in [6, 6.07) is 11.1. The van der Waals surface area contributed by atoms with Crippen LogP contribution in [0.3, 0.4) is 0 Å². The van der Waals surface area contributed by atoms with Crippen molar-refractivity contribution in [3.05, 3.63) is 65.1 Å². The lowest BCUT2D eigenvalue weighted by atomic mass is 9.85. The van der Waals surface area contributed by atoms with Gasteiger partial charge in [-0.25, -0.2) is 9.07 Å². The number of nitrogens with zero attached hydrogens (tertiary/aromatic N) is 3. The molecular weight excluding hydrogens is 399 g/mol. The lowest BCUT2D eigenvalue weighted by molar-refractivity contribution is -0.116. The van der Waals surface area contributed by atoms with Crippen molar-refractivity contribution in [1.29, 1.82) is 0 Å². The molecule has 5 rings (SSSR count). The summed E-state index contributed by atoms with van der Waals surface area (Å²) in [6.07, 6.45) is 2.03. The minimum absolute atomic E-state index is 0.0776. The highest BCUT2D eigenvalue weighted by Crippen LogP contribution is 2.41. The monoisotopic (exact) mass is 420 g/mol. The fourth-order valence-corrected chi connectivity index (χ4v) is 4.17. The Morgan fingerprint density at radius 1 is 1.06 bits per heavy atom. The van der Waals surface area contributed by atoms with Crippen LogP contribution >= 0.6 is 0 Å². The summed E-state index contributed by atoms with van der Waals surface area (Å²) < 4.78 is 26.0. The average Bonchev–Trinajstić information content (AvgIpc) is 3.22. The van der Waals surface area contributed by atoms with Crippen molar-refractivity contribution in [1.82, 2.24) is 14.8 Å². The van der Waals surface area contributed by atoms with Crippen molar-refractivity contribution < 1.29 is 18.7 Å². The second-order valence-electron chi connectivity index (χ2n) is 7.55. The molecule has 8 heteroatoms. The molecule has 2 aliphatic rings. The summed E-state index contributed by atoms with van der Waals surface area (Å²) in [5, 5.41) is 8.03. The standard InChI is InChI=1S/C23H21FN4O3/c1-30-16-10-14(11-17(12-16)31-2)22-26-23-25-18-4-3-5-19(29)20(18)21(28(23)27-22)13-6-8-15(24)9-7-13/h6-12,21H,3-5H2,1-2H3,(H,25,26,27). The Hall–Kier alpha value is -3.68. The SMILES string of the molecule is COc1cc(OC)cc(-c2nc3n(n2)C(c2ccc(F)cc2)C2=C(CCCC2=O)N3)c1. The molecule has 1 aliphatic heterocycles. The predicted molar refractivity (Wildman–Crippen MR) is 113 cm³/mol. The largest absolute Gasteiger partial charge is 0.497 e. The van der Waals surface area contributed by atoms with E-state index in [2.05, 4.69) is 5.32 Å². The normalized spacial score (nSPS) is 17.6. The Morgan fingerprint density at radius 2 is 1.77 bits per heavy atom. The van der Waals surface area contributed by atoms with Crippen molar-refractivity contribution in [3.63, 3.8) is 0 Å². The summed E-state index contributed by atoms with van der Waals surface area (Å²) in [5.74, 6) is 2.01. The second kappa shape index (κ2) is 7.54. The molecule has 1 aromatic heterocycles. The lowest BCUT2D eigenvalue weighted by Crippen LogP contribution is -2.31. The number of carbonyl (C=O) groups excluding carboxylic acids is 1. The van der Waals surface area contributed by atoms with Crippen molar-refractivity contribution in [2.45, 2.75) is 25.3 Å². The van der Waals surface area contributed by atoms with Gasteiger partial charge in [-0.05, 0) is 42.7 Å². The molecule has 2 heterocycles. The first kappa shape index (κ1) is 19.3. The number of hydrogen-bond donors (Lipinski definition) is 1. The Kier molecular flexibility index (Phi) is 4.69. The van der Waals surface area contributed by atoms with Gasteiger partial charge in [0.1, 0.15) is 23.4 Å². The Morgan fingerprint density at radius 3 is 2.45 bits per heavy atom. The lowest BCUT2D eigenvalue weighted by Gasteiger charge is -2.32. The van der Waals surface area contributed by atoms with Crippen LogP contribution in [0.15, 0.2) is 53.7 Å². The van der Waals surface area contributed by atoms with E-state index in [0.29, 0.717) is 35.3 Å². The number of anilines is 1. The Balaban J connectivity index is 1.66. The van der Waals surface area contributed by atoms with Crippen molar-refractivity contribution in [3.8, 4) is 22.9 Å². The number of halogens is 1. The zero-order chi connectivity index (χ0) is 21.5. The molecule has 1 N–H and O–H groups in total. The van der Waals surface area contributed by atoms with Gasteiger partial charge in [-0.15, -0.1) is 5.10 Å². The minimum Gasteiger partial charge on any atom is -0.497 e. The summed E-state index contributed by atoms with van der Waals surface area (Å²) >= 11 is 0. The number of benzene rings is 2. The van der Waals surface area contributed by atoms with E-state index in [9.17, 15) is 9.18 Å². The molecule has 2 aromatic carbocycles. The summed E-state index contributed by atoms with van der Waals surface area (Å²) in [4.78, 5) is 17.6. The molecule has 1 atom stereocenters. The average molecular weight is 420 g/mol. The third-order valence-corrected chi connectivity index (χ3v) is 5.66. The van der Waals surface area contributed by atoms with Gasteiger partial charge in [0.05, 0.1) is 14.2 Å². The number of methoxy groups -OCH3 is 2. The summed E-state index contributed by atoms with van der Waals surface area (Å²) in [6.45, 7) is 0. The van der Waals surface area contributed by atoms with Crippen LogP contribution in [0.5, 0.6) is 11.5 Å². The maximum Gasteiger partial charge on any atom is 0.226 e. The van der Waals surface area contributed by atoms with Gasteiger partial charge < -0.3 is 14.8 Å². The zero-order valence-corrected chi connectivity index (χ0v) is 17.2. The fraction of sp³-hybridized carbons (Fsp3) is 0.261. The number of allylic oxidation sites excluding steroid dienone is 2. The number of hydrogen-bond acceptors (Lipinski definition) is 6. The van der Waals surface area contributed by atoms with E-state index in [-0.39, 0.29) is 11.6 Å². The number of fused-ring (bicyclic) bond motifs is 1. The highest BCUT2D eigenvalue weighted by Gasteiger charge is 2.37. The fourth-order valence-electron chi connectivity index (χ4n) is 4.17. The zero-order valence-electron chi connectivity index (χ0n) is 17.2. The number of nitrogens with one attached hydrogen (secondary N) is 1. The predicted octanol–water partition coefficient (Wildman–Crippen LogP) is 4.12. The molecule has 1 unspecified atom stereocenters. The maximum atomic E-state index is 13.6. The third-order valence-electron chi connectivity index (χ3n) is 5.66. The number of Topliss-reactive ketones (excluding diaryl/α,β-unsaturated/α-hetero) is 1. The minimum atomic E-state index is -0.464. The first-order chi connectivity index (χ1) is 15.1. The molecule has 0 saturated carbocycles. The van der Waals surface area contributed by atoms with E-state index >= 15 is 0 Å². The Labute approximate surface area is 178 Å². The molecule has 0 saturated heterocycles. The molecule has 1 aliphatic carbocycles. The van der Waals surface area contributed by atoms with E-state index in [1.807, 2.05) is 12.1 Å². The van der Waals surface area contributed by atoms with Crippen LogP contribution in [-0.2, 0) is 4.79 Å². The van der Waals surface area contributed by atoms with Crippen molar-refractivity contribution in [2.24, 2.45) is 0 Å². The van der Waals surface area contributed by atoms with Crippen LogP contribution in [0.25, 0.3) is 11.4 Å². The molecule has 0 radical (unpaired) electrons. The van der Waals surface area contributed by atoms with Gasteiger partial charge in [0.25, 0.3) is 0 Å². The van der Waals surface area contributed by atoms with Gasteiger partial charge in [-0.2, -0.15) is 4.98 Å². The topological polar surface area (TPSA) is 78.3 Å². The number of aromatic nitrogens is 3. The smallest absolute Gasteiger partial charge is 0.226 e. The van der Waals surface area contributed by atoms with E-state index in [1.165, 1.54) is 12.1 Å². The van der Waals surface area contributed by atoms with Crippen LogP contribution in [0, 0.1) is 5.82 Å². The maximum absolute atomic E-state index is 13.6. The van der Waals surface area contributed by atoms with Crippen molar-refractivity contribution >= 4 is 11.7 Å². The molecule has 31 heavy (non-hydrogen) atoms. The molecule has 3 aromatic rings. The summed E-state index contributed by atoms with van der Waals surface area (Å²) in [5.41, 5.74) is 3.04.